The fourth-order valence-corrected chi connectivity index (χ4v) is 5.09. The molecule has 1 saturated carbocycles. The Morgan fingerprint density at radius 2 is 2.06 bits per heavy atom. The first-order chi connectivity index (χ1) is 15.8. The van der Waals surface area contributed by atoms with Gasteiger partial charge in [0.1, 0.15) is 17.2 Å². The number of pyridine rings is 1. The van der Waals surface area contributed by atoms with Gasteiger partial charge < -0.3 is 24.3 Å². The fourth-order valence-electron chi connectivity index (χ4n) is 5.09. The average Bonchev–Trinajstić information content (AvgIpc) is 3.14. The van der Waals surface area contributed by atoms with Gasteiger partial charge in [-0.3, -0.25) is 14.4 Å². The molecule has 1 aromatic heterocycles. The number of ether oxygens (including phenoxy) is 2. The van der Waals surface area contributed by atoms with Gasteiger partial charge in [0.2, 0.25) is 5.43 Å². The Labute approximate surface area is 188 Å². The van der Waals surface area contributed by atoms with E-state index < -0.39 is 35.2 Å². The number of halogens is 2. The highest BCUT2D eigenvalue weighted by Gasteiger charge is 2.47. The molecule has 3 heterocycles. The summed E-state index contributed by atoms with van der Waals surface area (Å²) < 4.78 is 40.2. The van der Waals surface area contributed by atoms with E-state index in [0.29, 0.717) is 0 Å². The predicted molar refractivity (Wildman–Crippen MR) is 112 cm³/mol. The van der Waals surface area contributed by atoms with Crippen LogP contribution in [0.5, 0.6) is 5.75 Å². The molecule has 2 amide bonds. The standard InChI is InChI=1S/C23H23F2N3O5/c1-11(15-6-3-12(24)7-17(15)25)26-22(30)16-9-27-10-18-28(13-4-5-14(8-13)33-18)23(31)19(27)21(32-2)20(16)29/h3,6-7,9,11,13-14,18H,4-5,8,10H2,1-2H3,(H,26,30)/t11-,13-,14+,18+/m1/s1. The minimum Gasteiger partial charge on any atom is -0.491 e. The van der Waals surface area contributed by atoms with Gasteiger partial charge in [-0.1, -0.05) is 6.07 Å². The fraction of sp³-hybridized carbons (Fsp3) is 0.435. The summed E-state index contributed by atoms with van der Waals surface area (Å²) in [7, 11) is 1.27. The number of benzene rings is 1. The van der Waals surface area contributed by atoms with Gasteiger partial charge in [-0.25, -0.2) is 8.78 Å². The monoisotopic (exact) mass is 459 g/mol. The van der Waals surface area contributed by atoms with Crippen molar-refractivity contribution in [2.75, 3.05) is 7.11 Å². The molecule has 174 valence electrons. The van der Waals surface area contributed by atoms with E-state index in [1.54, 1.807) is 4.90 Å². The van der Waals surface area contributed by atoms with Crippen LogP contribution in [-0.2, 0) is 11.3 Å². The predicted octanol–water partition coefficient (Wildman–Crippen LogP) is 2.36. The zero-order chi connectivity index (χ0) is 23.4. The molecule has 1 N–H and O–H groups in total. The maximum atomic E-state index is 14.1. The van der Waals surface area contributed by atoms with Crippen LogP contribution in [0.4, 0.5) is 8.78 Å². The highest BCUT2D eigenvalue weighted by Crippen LogP contribution is 2.38. The third-order valence-electron chi connectivity index (χ3n) is 6.66. The van der Waals surface area contributed by atoms with Crippen molar-refractivity contribution >= 4 is 11.8 Å². The van der Waals surface area contributed by atoms with Crippen molar-refractivity contribution in [3.05, 3.63) is 63.1 Å². The number of carbonyl (C=O) groups excluding carboxylic acids is 2. The molecule has 8 nitrogen and oxygen atoms in total. The number of hydrogen-bond donors (Lipinski definition) is 1. The lowest BCUT2D eigenvalue weighted by Gasteiger charge is -2.44. The molecule has 2 bridgehead atoms. The first-order valence-electron chi connectivity index (χ1n) is 10.8. The lowest BCUT2D eigenvalue weighted by atomic mass is 10.1. The molecular weight excluding hydrogens is 436 g/mol. The van der Waals surface area contributed by atoms with Gasteiger partial charge in [0.05, 0.1) is 25.8 Å². The molecular formula is C23H23F2N3O5. The average molecular weight is 459 g/mol. The van der Waals surface area contributed by atoms with Gasteiger partial charge in [0.15, 0.2) is 17.7 Å². The first-order valence-corrected chi connectivity index (χ1v) is 10.8. The summed E-state index contributed by atoms with van der Waals surface area (Å²) in [6, 6.07) is 2.27. The van der Waals surface area contributed by atoms with E-state index in [4.69, 9.17) is 9.47 Å². The van der Waals surface area contributed by atoms with Crippen LogP contribution < -0.4 is 15.5 Å². The number of nitrogens with zero attached hydrogens (tertiary/aromatic N) is 2. The van der Waals surface area contributed by atoms with E-state index in [0.717, 1.165) is 31.4 Å². The second-order valence-corrected chi connectivity index (χ2v) is 8.66. The summed E-state index contributed by atoms with van der Waals surface area (Å²) in [6.45, 7) is 1.78. The molecule has 2 aromatic rings. The van der Waals surface area contributed by atoms with E-state index in [1.165, 1.54) is 30.9 Å². The highest BCUT2D eigenvalue weighted by molar-refractivity contribution is 5.99. The Balaban J connectivity index is 1.49. The molecule has 5 rings (SSSR count). The topological polar surface area (TPSA) is 89.9 Å². The summed E-state index contributed by atoms with van der Waals surface area (Å²) in [5.74, 6) is -2.88. The number of amides is 2. The molecule has 10 heteroatoms. The number of carbonyl (C=O) groups is 2. The summed E-state index contributed by atoms with van der Waals surface area (Å²) in [6.07, 6.45) is 3.43. The Kier molecular flexibility index (Phi) is 5.19. The van der Waals surface area contributed by atoms with Crippen LogP contribution in [0.25, 0.3) is 0 Å². The van der Waals surface area contributed by atoms with Gasteiger partial charge in [-0.15, -0.1) is 0 Å². The normalized spacial score (nSPS) is 24.2. The molecule has 2 fully saturated rings. The van der Waals surface area contributed by atoms with Crippen molar-refractivity contribution in [2.24, 2.45) is 0 Å². The highest BCUT2D eigenvalue weighted by atomic mass is 19.1. The maximum Gasteiger partial charge on any atom is 0.276 e. The van der Waals surface area contributed by atoms with Gasteiger partial charge in [0.25, 0.3) is 11.8 Å². The van der Waals surface area contributed by atoms with Gasteiger partial charge in [0, 0.05) is 23.9 Å². The molecule has 1 aromatic carbocycles. The Morgan fingerprint density at radius 1 is 1.27 bits per heavy atom. The maximum absolute atomic E-state index is 14.1. The summed E-state index contributed by atoms with van der Waals surface area (Å²) in [5.41, 5.74) is -0.819. The first kappa shape index (κ1) is 21.6. The quantitative estimate of drug-likeness (QED) is 0.758. The summed E-state index contributed by atoms with van der Waals surface area (Å²) in [4.78, 5) is 41.0. The van der Waals surface area contributed by atoms with Crippen LogP contribution in [-0.4, -0.2) is 46.8 Å². The lowest BCUT2D eigenvalue weighted by molar-refractivity contribution is -0.132. The smallest absolute Gasteiger partial charge is 0.276 e. The van der Waals surface area contributed by atoms with Gasteiger partial charge in [-0.2, -0.15) is 0 Å². The van der Waals surface area contributed by atoms with Crippen molar-refractivity contribution in [1.29, 1.82) is 0 Å². The SMILES string of the molecule is COc1c2n(cc(C(=O)N[C@H](C)c3ccc(F)cc3F)c1=O)C[C@@H]1O[C@H]3CC[C@H](C3)N1C2=O. The van der Waals surface area contributed by atoms with Crippen LogP contribution in [0.15, 0.2) is 29.2 Å². The van der Waals surface area contributed by atoms with Crippen LogP contribution >= 0.6 is 0 Å². The number of fused-ring (bicyclic) bond motifs is 5. The third-order valence-corrected chi connectivity index (χ3v) is 6.66. The molecule has 1 saturated heterocycles. The zero-order valence-corrected chi connectivity index (χ0v) is 18.1. The van der Waals surface area contributed by atoms with Crippen molar-refractivity contribution in [3.63, 3.8) is 0 Å². The second-order valence-electron chi connectivity index (χ2n) is 8.66. The minimum absolute atomic E-state index is 0.0595. The molecule has 2 aliphatic heterocycles. The van der Waals surface area contributed by atoms with E-state index >= 15 is 0 Å². The lowest BCUT2D eigenvalue weighted by Crippen LogP contribution is -2.57. The van der Waals surface area contributed by atoms with E-state index in [9.17, 15) is 23.2 Å². The second kappa shape index (κ2) is 7.95. The number of nitrogens with one attached hydrogen (secondary N) is 1. The Morgan fingerprint density at radius 3 is 2.79 bits per heavy atom. The van der Waals surface area contributed by atoms with Crippen LogP contribution in [0, 0.1) is 11.6 Å². The van der Waals surface area contributed by atoms with Crippen molar-refractivity contribution < 1.29 is 27.8 Å². The van der Waals surface area contributed by atoms with Gasteiger partial charge in [-0.05, 0) is 32.3 Å². The largest absolute Gasteiger partial charge is 0.491 e. The Bertz CT molecular complexity index is 1210. The molecule has 33 heavy (non-hydrogen) atoms. The molecule has 0 spiro atoms. The van der Waals surface area contributed by atoms with Crippen molar-refractivity contribution in [2.45, 2.75) is 57.1 Å². The molecule has 0 unspecified atom stereocenters. The van der Waals surface area contributed by atoms with Crippen LogP contribution in [0.2, 0.25) is 0 Å². The van der Waals surface area contributed by atoms with Crippen LogP contribution in [0.1, 0.15) is 58.6 Å². The number of methoxy groups -OCH3 is 1. The Hall–Kier alpha value is -3.27. The van der Waals surface area contributed by atoms with E-state index in [1.807, 2.05) is 0 Å². The van der Waals surface area contributed by atoms with E-state index in [2.05, 4.69) is 5.32 Å². The van der Waals surface area contributed by atoms with Crippen molar-refractivity contribution in [3.8, 4) is 5.75 Å². The number of rotatable bonds is 4. The molecule has 0 radical (unpaired) electrons. The minimum atomic E-state index is -0.834. The summed E-state index contributed by atoms with van der Waals surface area (Å²) in [5, 5.41) is 2.57. The number of aromatic nitrogens is 1. The van der Waals surface area contributed by atoms with E-state index in [-0.39, 0.29) is 47.2 Å². The number of hydrogen-bond acceptors (Lipinski definition) is 5. The zero-order valence-electron chi connectivity index (χ0n) is 18.1. The molecule has 3 aliphatic rings. The van der Waals surface area contributed by atoms with Crippen LogP contribution in [0.3, 0.4) is 0 Å². The van der Waals surface area contributed by atoms with Crippen molar-refractivity contribution in [1.82, 2.24) is 14.8 Å². The van der Waals surface area contributed by atoms with Gasteiger partial charge >= 0.3 is 0 Å². The summed E-state index contributed by atoms with van der Waals surface area (Å²) >= 11 is 0. The molecule has 4 atom stereocenters. The third kappa shape index (κ3) is 3.49. The molecule has 1 aliphatic carbocycles.